The van der Waals surface area contributed by atoms with Crippen molar-refractivity contribution in [2.24, 2.45) is 0 Å². The van der Waals surface area contributed by atoms with Crippen LogP contribution in [0.5, 0.6) is 5.75 Å². The molecule has 2 aromatic rings. The van der Waals surface area contributed by atoms with Gasteiger partial charge in [0.1, 0.15) is 5.75 Å². The van der Waals surface area contributed by atoms with Crippen LogP contribution in [0, 0.1) is 0 Å². The van der Waals surface area contributed by atoms with E-state index < -0.39 is 10.0 Å². The maximum Gasteiger partial charge on any atom is 0.235 e. The lowest BCUT2D eigenvalue weighted by molar-refractivity contribution is -0.121. The van der Waals surface area contributed by atoms with Crippen LogP contribution in [-0.4, -0.2) is 38.5 Å². The number of nitrogens with zero attached hydrogens (tertiary/aromatic N) is 1. The van der Waals surface area contributed by atoms with Crippen LogP contribution in [0.25, 0.3) is 0 Å². The number of amides is 1. The molecular formula is C18H21ClN2O4S. The number of carbonyl (C=O) groups is 1. The van der Waals surface area contributed by atoms with Crippen LogP contribution >= 0.6 is 11.6 Å². The van der Waals surface area contributed by atoms with Crippen LogP contribution in [0.4, 0.5) is 0 Å². The first-order chi connectivity index (χ1) is 12.3. The number of nitrogens with one attached hydrogen (secondary N) is 1. The number of methoxy groups -OCH3 is 1. The van der Waals surface area contributed by atoms with Crippen LogP contribution in [0.3, 0.4) is 0 Å². The van der Waals surface area contributed by atoms with Gasteiger partial charge in [-0.15, -0.1) is 0 Å². The lowest BCUT2D eigenvalue weighted by Crippen LogP contribution is -2.39. The molecular weight excluding hydrogens is 376 g/mol. The Labute approximate surface area is 158 Å². The van der Waals surface area contributed by atoms with E-state index in [1.54, 1.807) is 55.6 Å². The van der Waals surface area contributed by atoms with Crippen LogP contribution in [0.1, 0.15) is 11.1 Å². The van der Waals surface area contributed by atoms with Gasteiger partial charge in [0.2, 0.25) is 15.9 Å². The van der Waals surface area contributed by atoms with E-state index in [-0.39, 0.29) is 19.0 Å². The van der Waals surface area contributed by atoms with Crippen molar-refractivity contribution in [1.82, 2.24) is 9.62 Å². The van der Waals surface area contributed by atoms with E-state index in [1.807, 2.05) is 0 Å². The third kappa shape index (κ3) is 6.33. The lowest BCUT2D eigenvalue weighted by Gasteiger charge is -2.19. The Kier molecular flexibility index (Phi) is 7.02. The molecule has 1 amide bonds. The number of halogens is 1. The fourth-order valence-electron chi connectivity index (χ4n) is 2.24. The van der Waals surface area contributed by atoms with Gasteiger partial charge in [0.05, 0.1) is 19.9 Å². The summed E-state index contributed by atoms with van der Waals surface area (Å²) in [6.45, 7) is 0.159. The fourth-order valence-corrected chi connectivity index (χ4v) is 3.11. The Hall–Kier alpha value is -2.09. The van der Waals surface area contributed by atoms with Crippen molar-refractivity contribution in [3.8, 4) is 5.75 Å². The van der Waals surface area contributed by atoms with Gasteiger partial charge in [0, 0.05) is 18.1 Å². The van der Waals surface area contributed by atoms with Gasteiger partial charge in [-0.25, -0.2) is 8.42 Å². The summed E-state index contributed by atoms with van der Waals surface area (Å²) in [6, 6.07) is 14.1. The van der Waals surface area contributed by atoms with Gasteiger partial charge in [-0.3, -0.25) is 4.79 Å². The van der Waals surface area contributed by atoms with Crippen molar-refractivity contribution in [1.29, 1.82) is 0 Å². The first kappa shape index (κ1) is 20.2. The highest BCUT2D eigenvalue weighted by Gasteiger charge is 2.20. The van der Waals surface area contributed by atoms with E-state index in [2.05, 4.69) is 5.32 Å². The maximum absolute atomic E-state index is 12.2. The number of carbonyl (C=O) groups excluding carboxylic acids is 1. The normalized spacial score (nSPS) is 11.4. The van der Waals surface area contributed by atoms with Crippen molar-refractivity contribution in [2.75, 3.05) is 19.9 Å². The van der Waals surface area contributed by atoms with Crippen LogP contribution in [-0.2, 0) is 27.9 Å². The molecule has 0 bridgehead atoms. The molecule has 0 aliphatic heterocycles. The molecule has 2 rings (SSSR count). The van der Waals surface area contributed by atoms with Gasteiger partial charge in [-0.2, -0.15) is 4.31 Å². The summed E-state index contributed by atoms with van der Waals surface area (Å²) < 4.78 is 30.2. The third-order valence-electron chi connectivity index (χ3n) is 3.71. The van der Waals surface area contributed by atoms with Crippen molar-refractivity contribution in [3.63, 3.8) is 0 Å². The zero-order valence-electron chi connectivity index (χ0n) is 14.6. The highest BCUT2D eigenvalue weighted by Crippen LogP contribution is 2.14. The Morgan fingerprint density at radius 1 is 1.08 bits per heavy atom. The molecule has 2 aromatic carbocycles. The molecule has 1 N–H and O–H groups in total. The van der Waals surface area contributed by atoms with Crippen molar-refractivity contribution in [3.05, 3.63) is 64.7 Å². The quantitative estimate of drug-likeness (QED) is 0.743. The summed E-state index contributed by atoms with van der Waals surface area (Å²) >= 11 is 5.82. The van der Waals surface area contributed by atoms with Gasteiger partial charge < -0.3 is 10.1 Å². The highest BCUT2D eigenvalue weighted by molar-refractivity contribution is 7.88. The zero-order valence-corrected chi connectivity index (χ0v) is 16.2. The minimum atomic E-state index is -3.54. The SMILES string of the molecule is COc1ccc(CN(CC(=O)NCc2ccc(Cl)cc2)S(C)(=O)=O)cc1. The third-order valence-corrected chi connectivity index (χ3v) is 5.16. The number of hydrogen-bond acceptors (Lipinski definition) is 4. The van der Waals surface area contributed by atoms with E-state index in [0.717, 1.165) is 21.7 Å². The standard InChI is InChI=1S/C18H21ClN2O4S/c1-25-17-9-5-15(6-10-17)12-21(26(2,23)24)13-18(22)20-11-14-3-7-16(19)8-4-14/h3-10H,11-13H2,1-2H3,(H,20,22). The van der Waals surface area contributed by atoms with Gasteiger partial charge in [0.15, 0.2) is 0 Å². The molecule has 0 heterocycles. The zero-order chi connectivity index (χ0) is 19.2. The average Bonchev–Trinajstić information content (AvgIpc) is 2.60. The molecule has 0 spiro atoms. The van der Waals surface area contributed by atoms with E-state index >= 15 is 0 Å². The number of benzene rings is 2. The molecule has 6 nitrogen and oxygen atoms in total. The summed E-state index contributed by atoms with van der Waals surface area (Å²) in [6.07, 6.45) is 1.09. The minimum absolute atomic E-state index is 0.108. The second kappa shape index (κ2) is 9.02. The van der Waals surface area contributed by atoms with Gasteiger partial charge in [-0.1, -0.05) is 35.9 Å². The first-order valence-corrected chi connectivity index (χ1v) is 10.1. The van der Waals surface area contributed by atoms with Crippen LogP contribution in [0.15, 0.2) is 48.5 Å². The largest absolute Gasteiger partial charge is 0.497 e. The Morgan fingerprint density at radius 3 is 2.19 bits per heavy atom. The van der Waals surface area contributed by atoms with Crippen molar-refractivity contribution in [2.45, 2.75) is 13.1 Å². The fraction of sp³-hybridized carbons (Fsp3) is 0.278. The van der Waals surface area contributed by atoms with Crippen molar-refractivity contribution >= 4 is 27.5 Å². The predicted octanol–water partition coefficient (Wildman–Crippen LogP) is 2.43. The second-order valence-electron chi connectivity index (χ2n) is 5.78. The van der Waals surface area contributed by atoms with E-state index in [0.29, 0.717) is 17.3 Å². The van der Waals surface area contributed by atoms with Gasteiger partial charge >= 0.3 is 0 Å². The van der Waals surface area contributed by atoms with E-state index in [9.17, 15) is 13.2 Å². The summed E-state index contributed by atoms with van der Waals surface area (Å²) in [5.41, 5.74) is 1.64. The van der Waals surface area contributed by atoms with E-state index in [4.69, 9.17) is 16.3 Å². The molecule has 0 atom stereocenters. The molecule has 26 heavy (non-hydrogen) atoms. The molecule has 8 heteroatoms. The van der Waals surface area contributed by atoms with Gasteiger partial charge in [0.25, 0.3) is 0 Å². The predicted molar refractivity (Wildman–Crippen MR) is 102 cm³/mol. The smallest absolute Gasteiger partial charge is 0.235 e. The minimum Gasteiger partial charge on any atom is -0.497 e. The molecule has 0 radical (unpaired) electrons. The van der Waals surface area contributed by atoms with Gasteiger partial charge in [-0.05, 0) is 35.4 Å². The lowest BCUT2D eigenvalue weighted by atomic mass is 10.2. The number of ether oxygens (including phenoxy) is 1. The number of hydrogen-bond donors (Lipinski definition) is 1. The molecule has 0 aliphatic rings. The molecule has 140 valence electrons. The molecule has 0 saturated heterocycles. The average molecular weight is 397 g/mol. The maximum atomic E-state index is 12.2. The van der Waals surface area contributed by atoms with Crippen LogP contribution in [0.2, 0.25) is 5.02 Å². The Bertz CT molecular complexity index is 836. The summed E-state index contributed by atoms with van der Waals surface area (Å²) in [5, 5.41) is 3.33. The van der Waals surface area contributed by atoms with Crippen LogP contribution < -0.4 is 10.1 Å². The Morgan fingerprint density at radius 2 is 1.65 bits per heavy atom. The monoisotopic (exact) mass is 396 g/mol. The first-order valence-electron chi connectivity index (χ1n) is 7.87. The molecule has 0 aliphatic carbocycles. The summed E-state index contributed by atoms with van der Waals surface area (Å²) in [5.74, 6) is 0.305. The summed E-state index contributed by atoms with van der Waals surface area (Å²) in [4.78, 5) is 12.2. The van der Waals surface area contributed by atoms with Crippen molar-refractivity contribution < 1.29 is 17.9 Å². The van der Waals surface area contributed by atoms with E-state index in [1.165, 1.54) is 0 Å². The summed E-state index contributed by atoms with van der Waals surface area (Å²) in [7, 11) is -1.98. The molecule has 0 fully saturated rings. The topological polar surface area (TPSA) is 75.7 Å². The molecule has 0 unspecified atom stereocenters. The number of sulfonamides is 1. The highest BCUT2D eigenvalue weighted by atomic mass is 35.5. The Balaban J connectivity index is 1.98. The second-order valence-corrected chi connectivity index (χ2v) is 8.20. The molecule has 0 aromatic heterocycles. The molecule has 0 saturated carbocycles. The number of rotatable bonds is 8.